The first kappa shape index (κ1) is 10.8. The molecule has 0 radical (unpaired) electrons. The molecule has 0 aliphatic carbocycles. The fourth-order valence-electron chi connectivity index (χ4n) is 1.57. The number of nitrogens with zero attached hydrogens (tertiary/aromatic N) is 3. The number of para-hydroxylation sites is 1. The maximum absolute atomic E-state index is 4.15. The molecule has 0 saturated carbocycles. The molecular weight excluding hydrogens is 200 g/mol. The number of aromatic nitrogens is 3. The molecule has 1 aromatic carbocycles. The van der Waals surface area contributed by atoms with Gasteiger partial charge in [0, 0.05) is 0 Å². The molecule has 0 fully saturated rings. The Bertz CT molecular complexity index is 422. The zero-order valence-electron chi connectivity index (χ0n) is 9.43. The zero-order chi connectivity index (χ0) is 11.2. The Hall–Kier alpha value is -1.68. The summed E-state index contributed by atoms with van der Waals surface area (Å²) in [6, 6.07) is 10.0. The Balaban J connectivity index is 2.02. The minimum absolute atomic E-state index is 0.966. The molecule has 1 N–H and O–H groups in total. The lowest BCUT2D eigenvalue weighted by Gasteiger charge is -1.97. The van der Waals surface area contributed by atoms with Crippen LogP contribution in [0.1, 0.15) is 12.1 Å². The van der Waals surface area contributed by atoms with Gasteiger partial charge in [-0.15, -0.1) is 5.10 Å². The molecule has 2 rings (SSSR count). The summed E-state index contributed by atoms with van der Waals surface area (Å²) in [6.07, 6.45) is 4.04. The van der Waals surface area contributed by atoms with E-state index in [0.29, 0.717) is 0 Å². The van der Waals surface area contributed by atoms with Crippen LogP contribution in [0, 0.1) is 0 Å². The fourth-order valence-corrected chi connectivity index (χ4v) is 1.57. The predicted molar refractivity (Wildman–Crippen MR) is 63.6 cm³/mol. The summed E-state index contributed by atoms with van der Waals surface area (Å²) < 4.78 is 1.81. The quantitative estimate of drug-likeness (QED) is 0.769. The second kappa shape index (κ2) is 5.42. The highest BCUT2D eigenvalue weighted by molar-refractivity contribution is 5.29. The molecule has 16 heavy (non-hydrogen) atoms. The molecule has 1 aromatic heterocycles. The van der Waals surface area contributed by atoms with Gasteiger partial charge in [-0.2, -0.15) is 0 Å². The topological polar surface area (TPSA) is 42.7 Å². The number of rotatable bonds is 5. The lowest BCUT2D eigenvalue weighted by molar-refractivity contribution is 0.712. The van der Waals surface area contributed by atoms with E-state index < -0.39 is 0 Å². The lowest BCUT2D eigenvalue weighted by atomic mass is 10.2. The molecular formula is C12H16N4. The van der Waals surface area contributed by atoms with E-state index in [0.717, 1.165) is 30.8 Å². The van der Waals surface area contributed by atoms with E-state index >= 15 is 0 Å². The number of benzene rings is 1. The molecule has 0 aliphatic heterocycles. The van der Waals surface area contributed by atoms with E-state index in [9.17, 15) is 0 Å². The first-order chi connectivity index (χ1) is 7.90. The number of hydrogen-bond acceptors (Lipinski definition) is 3. The van der Waals surface area contributed by atoms with Gasteiger partial charge in [-0.1, -0.05) is 23.4 Å². The summed E-state index contributed by atoms with van der Waals surface area (Å²) in [6.45, 7) is 1.01. The molecule has 84 valence electrons. The minimum Gasteiger partial charge on any atom is -0.320 e. The van der Waals surface area contributed by atoms with Crippen molar-refractivity contribution in [1.82, 2.24) is 20.3 Å². The highest BCUT2D eigenvalue weighted by Crippen LogP contribution is 2.06. The highest BCUT2D eigenvalue weighted by Gasteiger charge is 2.01. The molecule has 4 nitrogen and oxygen atoms in total. The van der Waals surface area contributed by atoms with Gasteiger partial charge in [0.1, 0.15) is 0 Å². The van der Waals surface area contributed by atoms with Gasteiger partial charge in [-0.3, -0.25) is 0 Å². The molecule has 1 heterocycles. The Labute approximate surface area is 95.3 Å². The van der Waals surface area contributed by atoms with Crippen LogP contribution in [0.5, 0.6) is 0 Å². The summed E-state index contributed by atoms with van der Waals surface area (Å²) in [5.74, 6) is 0. The van der Waals surface area contributed by atoms with Crippen LogP contribution in [0.2, 0.25) is 0 Å². The van der Waals surface area contributed by atoms with Crippen molar-refractivity contribution in [3.63, 3.8) is 0 Å². The van der Waals surface area contributed by atoms with Gasteiger partial charge in [0.15, 0.2) is 0 Å². The zero-order valence-corrected chi connectivity index (χ0v) is 9.43. The van der Waals surface area contributed by atoms with Gasteiger partial charge in [0.05, 0.1) is 17.6 Å². The van der Waals surface area contributed by atoms with Crippen LogP contribution in [0.25, 0.3) is 5.69 Å². The van der Waals surface area contributed by atoms with Crippen molar-refractivity contribution in [1.29, 1.82) is 0 Å². The smallest absolute Gasteiger partial charge is 0.0832 e. The van der Waals surface area contributed by atoms with Gasteiger partial charge in [0.2, 0.25) is 0 Å². The van der Waals surface area contributed by atoms with Gasteiger partial charge in [0.25, 0.3) is 0 Å². The Morgan fingerprint density at radius 1 is 1.25 bits per heavy atom. The van der Waals surface area contributed by atoms with Crippen molar-refractivity contribution in [2.45, 2.75) is 12.8 Å². The van der Waals surface area contributed by atoms with Crippen molar-refractivity contribution >= 4 is 0 Å². The molecule has 0 atom stereocenters. The normalized spacial score (nSPS) is 10.6. The fraction of sp³-hybridized carbons (Fsp3) is 0.333. The van der Waals surface area contributed by atoms with Crippen LogP contribution in [-0.2, 0) is 6.42 Å². The molecule has 4 heteroatoms. The van der Waals surface area contributed by atoms with Crippen LogP contribution in [0.4, 0.5) is 0 Å². The van der Waals surface area contributed by atoms with Gasteiger partial charge in [-0.05, 0) is 38.6 Å². The van der Waals surface area contributed by atoms with Crippen molar-refractivity contribution in [2.24, 2.45) is 0 Å². The van der Waals surface area contributed by atoms with Crippen LogP contribution >= 0.6 is 0 Å². The van der Waals surface area contributed by atoms with E-state index in [1.165, 1.54) is 0 Å². The second-order valence-corrected chi connectivity index (χ2v) is 3.70. The molecule has 0 saturated heterocycles. The van der Waals surface area contributed by atoms with Crippen molar-refractivity contribution in [3.8, 4) is 5.69 Å². The molecule has 0 spiro atoms. The van der Waals surface area contributed by atoms with E-state index in [1.807, 2.05) is 48.3 Å². The molecule has 0 unspecified atom stereocenters. The second-order valence-electron chi connectivity index (χ2n) is 3.70. The summed E-state index contributed by atoms with van der Waals surface area (Å²) >= 11 is 0. The third kappa shape index (κ3) is 2.67. The maximum atomic E-state index is 4.15. The van der Waals surface area contributed by atoms with Crippen LogP contribution in [-0.4, -0.2) is 28.6 Å². The van der Waals surface area contributed by atoms with Gasteiger partial charge in [-0.25, -0.2) is 4.68 Å². The number of aryl methyl sites for hydroxylation is 1. The predicted octanol–water partition coefficient (Wildman–Crippen LogP) is 1.42. The summed E-state index contributed by atoms with van der Waals surface area (Å²) in [4.78, 5) is 0. The molecule has 2 aromatic rings. The standard InChI is InChI=1S/C12H16N4/c1-13-9-5-6-11-10-16(15-14-11)12-7-3-2-4-8-12/h2-4,7-8,10,13H,5-6,9H2,1H3. The van der Waals surface area contributed by atoms with Crippen LogP contribution in [0.3, 0.4) is 0 Å². The lowest BCUT2D eigenvalue weighted by Crippen LogP contribution is -2.08. The number of hydrogen-bond donors (Lipinski definition) is 1. The highest BCUT2D eigenvalue weighted by atomic mass is 15.4. The third-order valence-electron chi connectivity index (χ3n) is 2.42. The van der Waals surface area contributed by atoms with E-state index in [2.05, 4.69) is 15.6 Å². The molecule has 0 bridgehead atoms. The Morgan fingerprint density at radius 3 is 2.81 bits per heavy atom. The average Bonchev–Trinajstić information content (AvgIpc) is 2.79. The first-order valence-corrected chi connectivity index (χ1v) is 5.51. The van der Waals surface area contributed by atoms with Crippen molar-refractivity contribution in [2.75, 3.05) is 13.6 Å². The van der Waals surface area contributed by atoms with E-state index in [-0.39, 0.29) is 0 Å². The third-order valence-corrected chi connectivity index (χ3v) is 2.42. The van der Waals surface area contributed by atoms with Gasteiger partial charge < -0.3 is 5.32 Å². The van der Waals surface area contributed by atoms with Gasteiger partial charge >= 0.3 is 0 Å². The van der Waals surface area contributed by atoms with E-state index in [1.54, 1.807) is 0 Å². The maximum Gasteiger partial charge on any atom is 0.0832 e. The monoisotopic (exact) mass is 216 g/mol. The molecule has 0 amide bonds. The minimum atomic E-state index is 0.966. The van der Waals surface area contributed by atoms with E-state index in [4.69, 9.17) is 0 Å². The Morgan fingerprint density at radius 2 is 2.06 bits per heavy atom. The van der Waals surface area contributed by atoms with Crippen LogP contribution in [0.15, 0.2) is 36.5 Å². The van der Waals surface area contributed by atoms with Crippen LogP contribution < -0.4 is 5.32 Å². The average molecular weight is 216 g/mol. The largest absolute Gasteiger partial charge is 0.320 e. The van der Waals surface area contributed by atoms with Crippen molar-refractivity contribution in [3.05, 3.63) is 42.2 Å². The summed E-state index contributed by atoms with van der Waals surface area (Å²) in [7, 11) is 1.96. The summed E-state index contributed by atoms with van der Waals surface area (Å²) in [5.41, 5.74) is 2.09. The summed E-state index contributed by atoms with van der Waals surface area (Å²) in [5, 5.41) is 11.4. The SMILES string of the molecule is CNCCCc1cn(-c2ccccc2)nn1. The Kier molecular flexibility index (Phi) is 3.66. The molecule has 0 aliphatic rings. The first-order valence-electron chi connectivity index (χ1n) is 5.51. The number of nitrogens with one attached hydrogen (secondary N) is 1. The van der Waals surface area contributed by atoms with Crippen molar-refractivity contribution < 1.29 is 0 Å².